The standard InChI is InChI=1S/C14H24N2O3/c1-7-16(8-14(5,6)18)13(17)9(2)12-10(3)15-19-11(12)4/h9,18H,7-8H2,1-6H3. The van der Waals surface area contributed by atoms with Gasteiger partial charge in [0.2, 0.25) is 5.91 Å². The van der Waals surface area contributed by atoms with Gasteiger partial charge in [-0.1, -0.05) is 5.16 Å². The number of likely N-dealkylation sites (N-methyl/N-ethyl adjacent to an activating group) is 1. The van der Waals surface area contributed by atoms with Gasteiger partial charge in [-0.2, -0.15) is 0 Å². The van der Waals surface area contributed by atoms with E-state index in [1.807, 2.05) is 27.7 Å². The second-order valence-corrected chi connectivity index (χ2v) is 5.62. The van der Waals surface area contributed by atoms with Crippen LogP contribution >= 0.6 is 0 Å². The number of aryl methyl sites for hydroxylation is 2. The van der Waals surface area contributed by atoms with Crippen molar-refractivity contribution in [1.82, 2.24) is 10.1 Å². The third-order valence-corrected chi connectivity index (χ3v) is 3.16. The molecule has 0 aliphatic carbocycles. The molecule has 0 saturated carbocycles. The summed E-state index contributed by atoms with van der Waals surface area (Å²) in [6.45, 7) is 11.7. The fraction of sp³-hybridized carbons (Fsp3) is 0.714. The Morgan fingerprint density at radius 1 is 1.47 bits per heavy atom. The van der Waals surface area contributed by atoms with Crippen molar-refractivity contribution >= 4 is 5.91 Å². The van der Waals surface area contributed by atoms with Gasteiger partial charge in [0.15, 0.2) is 0 Å². The van der Waals surface area contributed by atoms with E-state index in [0.29, 0.717) is 18.8 Å². The first-order chi connectivity index (χ1) is 8.67. The molecule has 1 aromatic rings. The van der Waals surface area contributed by atoms with E-state index in [4.69, 9.17) is 4.52 Å². The summed E-state index contributed by atoms with van der Waals surface area (Å²) in [4.78, 5) is 14.2. The molecular formula is C14H24N2O3. The molecule has 0 aliphatic rings. The number of rotatable bonds is 5. The molecule has 5 heteroatoms. The predicted octanol–water partition coefficient (Wildman–Crippen LogP) is 2.01. The van der Waals surface area contributed by atoms with E-state index in [2.05, 4.69) is 5.16 Å². The van der Waals surface area contributed by atoms with Crippen molar-refractivity contribution in [3.05, 3.63) is 17.0 Å². The number of aromatic nitrogens is 1. The number of nitrogens with zero attached hydrogens (tertiary/aromatic N) is 2. The third kappa shape index (κ3) is 3.80. The molecule has 1 atom stereocenters. The molecule has 0 aromatic carbocycles. The first kappa shape index (κ1) is 15.7. The number of hydrogen-bond acceptors (Lipinski definition) is 4. The van der Waals surface area contributed by atoms with Crippen LogP contribution in [0.25, 0.3) is 0 Å². The maximum atomic E-state index is 12.5. The van der Waals surface area contributed by atoms with Crippen molar-refractivity contribution < 1.29 is 14.4 Å². The molecule has 1 N–H and O–H groups in total. The first-order valence-corrected chi connectivity index (χ1v) is 6.61. The molecule has 1 unspecified atom stereocenters. The molecular weight excluding hydrogens is 244 g/mol. The van der Waals surface area contributed by atoms with E-state index in [0.717, 1.165) is 11.3 Å². The van der Waals surface area contributed by atoms with Crippen LogP contribution in [0, 0.1) is 13.8 Å². The lowest BCUT2D eigenvalue weighted by molar-refractivity contribution is -0.135. The fourth-order valence-electron chi connectivity index (χ4n) is 2.32. The minimum Gasteiger partial charge on any atom is -0.389 e. The van der Waals surface area contributed by atoms with Gasteiger partial charge in [0, 0.05) is 18.7 Å². The summed E-state index contributed by atoms with van der Waals surface area (Å²) in [5.41, 5.74) is 0.696. The zero-order chi connectivity index (χ0) is 14.8. The lowest BCUT2D eigenvalue weighted by Gasteiger charge is -2.30. The number of aliphatic hydroxyl groups is 1. The zero-order valence-corrected chi connectivity index (χ0v) is 12.6. The van der Waals surface area contributed by atoms with E-state index in [9.17, 15) is 9.90 Å². The van der Waals surface area contributed by atoms with Gasteiger partial charge >= 0.3 is 0 Å². The third-order valence-electron chi connectivity index (χ3n) is 3.16. The molecule has 0 spiro atoms. The van der Waals surface area contributed by atoms with Crippen LogP contribution in [0.3, 0.4) is 0 Å². The van der Waals surface area contributed by atoms with Crippen molar-refractivity contribution in [2.45, 2.75) is 53.1 Å². The topological polar surface area (TPSA) is 66.6 Å². The molecule has 1 heterocycles. The highest BCUT2D eigenvalue weighted by Crippen LogP contribution is 2.25. The average Bonchev–Trinajstić information content (AvgIpc) is 2.63. The zero-order valence-electron chi connectivity index (χ0n) is 12.6. The Bertz CT molecular complexity index is 427. The van der Waals surface area contributed by atoms with Gasteiger partial charge < -0.3 is 14.5 Å². The number of carbonyl (C=O) groups is 1. The summed E-state index contributed by atoms with van der Waals surface area (Å²) >= 11 is 0. The summed E-state index contributed by atoms with van der Waals surface area (Å²) in [5, 5.41) is 13.7. The van der Waals surface area contributed by atoms with Gasteiger partial charge in [-0.15, -0.1) is 0 Å². The lowest BCUT2D eigenvalue weighted by atomic mass is 9.97. The smallest absolute Gasteiger partial charge is 0.230 e. The molecule has 0 radical (unpaired) electrons. The van der Waals surface area contributed by atoms with Crippen LogP contribution in [0.15, 0.2) is 4.52 Å². The molecule has 19 heavy (non-hydrogen) atoms. The molecule has 0 saturated heterocycles. The quantitative estimate of drug-likeness (QED) is 0.887. The maximum absolute atomic E-state index is 12.5. The number of carbonyl (C=O) groups excluding carboxylic acids is 1. The number of amides is 1. The highest BCUT2D eigenvalue weighted by molar-refractivity contribution is 5.83. The van der Waals surface area contributed by atoms with Crippen LogP contribution < -0.4 is 0 Å². The van der Waals surface area contributed by atoms with Crippen LogP contribution in [0.5, 0.6) is 0 Å². The molecule has 1 aromatic heterocycles. The monoisotopic (exact) mass is 268 g/mol. The minimum atomic E-state index is -0.899. The van der Waals surface area contributed by atoms with Gasteiger partial charge in [0.25, 0.3) is 0 Å². The van der Waals surface area contributed by atoms with E-state index < -0.39 is 5.60 Å². The second kappa shape index (κ2) is 5.74. The van der Waals surface area contributed by atoms with Crippen molar-refractivity contribution in [2.75, 3.05) is 13.1 Å². The Hall–Kier alpha value is -1.36. The van der Waals surface area contributed by atoms with Crippen LogP contribution in [0.4, 0.5) is 0 Å². The average molecular weight is 268 g/mol. The van der Waals surface area contributed by atoms with Crippen LogP contribution in [0.1, 0.15) is 50.6 Å². The summed E-state index contributed by atoms with van der Waals surface area (Å²) in [6.07, 6.45) is 0. The van der Waals surface area contributed by atoms with Crippen molar-refractivity contribution in [3.63, 3.8) is 0 Å². The maximum Gasteiger partial charge on any atom is 0.230 e. The molecule has 1 rings (SSSR count). The highest BCUT2D eigenvalue weighted by atomic mass is 16.5. The van der Waals surface area contributed by atoms with E-state index in [1.165, 1.54) is 0 Å². The normalized spacial score (nSPS) is 13.4. The largest absolute Gasteiger partial charge is 0.389 e. The summed E-state index contributed by atoms with van der Waals surface area (Å²) in [6, 6.07) is 0. The van der Waals surface area contributed by atoms with Gasteiger partial charge in [-0.3, -0.25) is 4.79 Å². The Morgan fingerprint density at radius 3 is 2.42 bits per heavy atom. The van der Waals surface area contributed by atoms with Gasteiger partial charge in [0.05, 0.1) is 17.2 Å². The van der Waals surface area contributed by atoms with Crippen molar-refractivity contribution in [2.24, 2.45) is 0 Å². The van der Waals surface area contributed by atoms with E-state index in [1.54, 1.807) is 18.7 Å². The van der Waals surface area contributed by atoms with Crippen molar-refractivity contribution in [1.29, 1.82) is 0 Å². The molecule has 108 valence electrons. The molecule has 1 amide bonds. The lowest BCUT2D eigenvalue weighted by Crippen LogP contribution is -2.43. The van der Waals surface area contributed by atoms with E-state index in [-0.39, 0.29) is 11.8 Å². The molecule has 0 fully saturated rings. The Labute approximate surface area is 114 Å². The van der Waals surface area contributed by atoms with Crippen LogP contribution in [-0.4, -0.2) is 39.8 Å². The summed E-state index contributed by atoms with van der Waals surface area (Å²) in [7, 11) is 0. The molecule has 0 bridgehead atoms. The van der Waals surface area contributed by atoms with Crippen molar-refractivity contribution in [3.8, 4) is 0 Å². The SMILES string of the molecule is CCN(CC(C)(C)O)C(=O)C(C)c1c(C)noc1C. The van der Waals surface area contributed by atoms with Crippen LogP contribution in [-0.2, 0) is 4.79 Å². The summed E-state index contributed by atoms with van der Waals surface area (Å²) < 4.78 is 5.11. The van der Waals surface area contributed by atoms with E-state index >= 15 is 0 Å². The molecule has 0 aliphatic heterocycles. The second-order valence-electron chi connectivity index (χ2n) is 5.62. The predicted molar refractivity (Wildman–Crippen MR) is 72.9 cm³/mol. The Balaban J connectivity index is 2.92. The Morgan fingerprint density at radius 2 is 2.05 bits per heavy atom. The molecule has 5 nitrogen and oxygen atoms in total. The fourth-order valence-corrected chi connectivity index (χ4v) is 2.32. The Kier molecular flexibility index (Phi) is 4.74. The van der Waals surface area contributed by atoms with Gasteiger partial charge in [-0.05, 0) is 41.5 Å². The summed E-state index contributed by atoms with van der Waals surface area (Å²) in [5.74, 6) is 0.352. The first-order valence-electron chi connectivity index (χ1n) is 6.61. The van der Waals surface area contributed by atoms with Gasteiger partial charge in [0.1, 0.15) is 5.76 Å². The van der Waals surface area contributed by atoms with Crippen LogP contribution in [0.2, 0.25) is 0 Å². The highest BCUT2D eigenvalue weighted by Gasteiger charge is 2.29. The minimum absolute atomic E-state index is 0.0148. The number of hydrogen-bond donors (Lipinski definition) is 1. The van der Waals surface area contributed by atoms with Gasteiger partial charge in [-0.25, -0.2) is 0 Å².